The number of nitrogens with one attached hydrogen (secondary N) is 2. The Hall–Kier alpha value is -3.16. The molecule has 0 saturated carbocycles. The van der Waals surface area contributed by atoms with E-state index in [0.29, 0.717) is 6.07 Å². The molecule has 0 spiro atoms. The molecule has 0 aliphatic rings. The summed E-state index contributed by atoms with van der Waals surface area (Å²) < 4.78 is 53.2. The quantitative estimate of drug-likeness (QED) is 0.663. The first-order chi connectivity index (χ1) is 10.4. The van der Waals surface area contributed by atoms with Crippen molar-refractivity contribution in [3.8, 4) is 11.8 Å². The van der Waals surface area contributed by atoms with Crippen LogP contribution < -0.4 is 10.1 Å². The Morgan fingerprint density at radius 3 is 2.73 bits per heavy atom. The third-order valence-electron chi connectivity index (χ3n) is 2.19. The summed E-state index contributed by atoms with van der Waals surface area (Å²) in [6.07, 6.45) is -3.85. The molecule has 0 bridgehead atoms. The summed E-state index contributed by atoms with van der Waals surface area (Å²) in [6.45, 7) is 0. The average Bonchev–Trinajstić information content (AvgIpc) is 2.90. The Balaban J connectivity index is 2.21. The van der Waals surface area contributed by atoms with E-state index in [1.165, 1.54) is 0 Å². The zero-order chi connectivity index (χ0) is 16.2. The molecule has 0 radical (unpaired) electrons. The number of alkyl halides is 3. The van der Waals surface area contributed by atoms with E-state index in [1.807, 2.05) is 0 Å². The second-order valence-corrected chi connectivity index (χ2v) is 3.77. The number of anilines is 1. The number of allylic oxidation sites excluding steroid dienone is 1. The molecule has 1 heterocycles. The van der Waals surface area contributed by atoms with Crippen molar-refractivity contribution < 1.29 is 22.3 Å². The molecule has 0 saturated heterocycles. The van der Waals surface area contributed by atoms with Gasteiger partial charge in [0.15, 0.2) is 0 Å². The summed E-state index contributed by atoms with van der Waals surface area (Å²) >= 11 is 0. The van der Waals surface area contributed by atoms with Crippen LogP contribution in [0, 0.1) is 17.1 Å². The number of tetrazole rings is 1. The molecule has 2 rings (SSSR count). The van der Waals surface area contributed by atoms with Crippen molar-refractivity contribution in [2.45, 2.75) is 6.36 Å². The van der Waals surface area contributed by atoms with Crippen LogP contribution >= 0.6 is 0 Å². The van der Waals surface area contributed by atoms with E-state index < -0.39 is 17.9 Å². The molecule has 0 amide bonds. The monoisotopic (exact) mass is 314 g/mol. The fourth-order valence-corrected chi connectivity index (χ4v) is 1.42. The Labute approximate surface area is 120 Å². The second-order valence-electron chi connectivity index (χ2n) is 3.77. The zero-order valence-electron chi connectivity index (χ0n) is 10.5. The maximum atomic E-state index is 13.3. The predicted molar refractivity (Wildman–Crippen MR) is 64.5 cm³/mol. The maximum absolute atomic E-state index is 13.3. The van der Waals surface area contributed by atoms with Crippen LogP contribution in [0.4, 0.5) is 23.2 Å². The lowest BCUT2D eigenvalue weighted by Gasteiger charge is -2.10. The van der Waals surface area contributed by atoms with Gasteiger partial charge in [-0.05, 0) is 11.3 Å². The fourth-order valence-electron chi connectivity index (χ4n) is 1.42. The first kappa shape index (κ1) is 15.2. The van der Waals surface area contributed by atoms with Crippen LogP contribution in [0.1, 0.15) is 5.82 Å². The molecule has 0 aliphatic carbocycles. The van der Waals surface area contributed by atoms with Crippen LogP contribution in [-0.2, 0) is 0 Å². The SMILES string of the molecule is N#CC(=CNc1cc(F)cc(OC(F)(F)F)c1)c1nn[nH]n1. The van der Waals surface area contributed by atoms with Crippen LogP contribution in [0.2, 0.25) is 0 Å². The van der Waals surface area contributed by atoms with E-state index in [9.17, 15) is 17.6 Å². The minimum absolute atomic E-state index is 0.0295. The molecule has 11 heteroatoms. The smallest absolute Gasteiger partial charge is 0.406 e. The molecular formula is C11H6F4N6O. The van der Waals surface area contributed by atoms with Gasteiger partial charge in [-0.25, -0.2) is 4.39 Å². The number of hydrogen-bond donors (Lipinski definition) is 2. The van der Waals surface area contributed by atoms with Gasteiger partial charge >= 0.3 is 6.36 Å². The number of aromatic amines is 1. The van der Waals surface area contributed by atoms with Gasteiger partial charge in [0.2, 0.25) is 5.82 Å². The van der Waals surface area contributed by atoms with Gasteiger partial charge in [-0.1, -0.05) is 0 Å². The number of hydrogen-bond acceptors (Lipinski definition) is 6. The van der Waals surface area contributed by atoms with E-state index >= 15 is 0 Å². The van der Waals surface area contributed by atoms with Crippen LogP contribution in [0.5, 0.6) is 5.75 Å². The van der Waals surface area contributed by atoms with E-state index in [0.717, 1.165) is 18.3 Å². The molecule has 7 nitrogen and oxygen atoms in total. The van der Waals surface area contributed by atoms with Crippen LogP contribution in [-0.4, -0.2) is 27.0 Å². The Morgan fingerprint density at radius 1 is 1.36 bits per heavy atom. The minimum atomic E-state index is -4.94. The van der Waals surface area contributed by atoms with Crippen molar-refractivity contribution in [3.05, 3.63) is 36.0 Å². The van der Waals surface area contributed by atoms with Gasteiger partial charge in [-0.15, -0.1) is 23.4 Å². The number of aromatic nitrogens is 4. The van der Waals surface area contributed by atoms with Crippen molar-refractivity contribution in [3.63, 3.8) is 0 Å². The standard InChI is InChI=1S/C11H6F4N6O/c12-7-1-8(3-9(2-7)22-11(13,14)15)17-5-6(4-16)10-18-20-21-19-10/h1-3,5,17H,(H,18,19,20,21). The van der Waals surface area contributed by atoms with E-state index in [2.05, 4.69) is 30.7 Å². The van der Waals surface area contributed by atoms with Gasteiger partial charge < -0.3 is 10.1 Å². The summed E-state index contributed by atoms with van der Waals surface area (Å²) in [5, 5.41) is 23.9. The molecule has 0 atom stereocenters. The topological polar surface area (TPSA) is 99.5 Å². The largest absolute Gasteiger partial charge is 0.573 e. The minimum Gasteiger partial charge on any atom is -0.406 e. The number of H-pyrrole nitrogens is 1. The Morgan fingerprint density at radius 2 is 2.14 bits per heavy atom. The van der Waals surface area contributed by atoms with E-state index in [4.69, 9.17) is 5.26 Å². The molecular weight excluding hydrogens is 308 g/mol. The maximum Gasteiger partial charge on any atom is 0.573 e. The first-order valence-corrected chi connectivity index (χ1v) is 5.54. The summed E-state index contributed by atoms with van der Waals surface area (Å²) in [7, 11) is 0. The molecule has 1 aromatic heterocycles. The van der Waals surface area contributed by atoms with Crippen molar-refractivity contribution in [2.75, 3.05) is 5.32 Å². The highest BCUT2D eigenvalue weighted by molar-refractivity contribution is 5.74. The predicted octanol–water partition coefficient (Wildman–Crippen LogP) is 2.21. The van der Waals surface area contributed by atoms with Crippen molar-refractivity contribution in [2.24, 2.45) is 0 Å². The summed E-state index contributed by atoms with van der Waals surface area (Å²) in [5.41, 5.74) is -0.119. The first-order valence-electron chi connectivity index (χ1n) is 5.54. The lowest BCUT2D eigenvalue weighted by atomic mass is 10.2. The summed E-state index contributed by atoms with van der Waals surface area (Å²) in [5.74, 6) is -1.71. The van der Waals surface area contributed by atoms with E-state index in [-0.39, 0.29) is 17.1 Å². The molecule has 2 N–H and O–H groups in total. The van der Waals surface area contributed by atoms with Gasteiger partial charge in [-0.3, -0.25) is 0 Å². The van der Waals surface area contributed by atoms with Gasteiger partial charge in [0, 0.05) is 24.0 Å². The molecule has 0 aliphatic heterocycles. The molecule has 0 unspecified atom stereocenters. The highest BCUT2D eigenvalue weighted by Gasteiger charge is 2.31. The van der Waals surface area contributed by atoms with Crippen LogP contribution in [0.25, 0.3) is 5.57 Å². The number of halogens is 4. The normalized spacial score (nSPS) is 11.9. The molecule has 0 fully saturated rings. The number of ether oxygens (including phenoxy) is 1. The second kappa shape index (κ2) is 6.08. The zero-order valence-corrected chi connectivity index (χ0v) is 10.5. The lowest BCUT2D eigenvalue weighted by Crippen LogP contribution is -2.17. The van der Waals surface area contributed by atoms with Gasteiger partial charge in [0.25, 0.3) is 0 Å². The molecule has 22 heavy (non-hydrogen) atoms. The third-order valence-corrected chi connectivity index (χ3v) is 2.19. The van der Waals surface area contributed by atoms with E-state index in [1.54, 1.807) is 6.07 Å². The Bertz CT molecular complexity index is 719. The highest BCUT2D eigenvalue weighted by atomic mass is 19.4. The fraction of sp³-hybridized carbons (Fsp3) is 0.0909. The van der Waals surface area contributed by atoms with Crippen molar-refractivity contribution in [1.29, 1.82) is 5.26 Å². The van der Waals surface area contributed by atoms with Gasteiger partial charge in [0.05, 0.1) is 0 Å². The van der Waals surface area contributed by atoms with Crippen molar-refractivity contribution >= 4 is 11.3 Å². The van der Waals surface area contributed by atoms with Crippen LogP contribution in [0.3, 0.4) is 0 Å². The number of nitriles is 1. The van der Waals surface area contributed by atoms with Crippen molar-refractivity contribution in [1.82, 2.24) is 20.6 Å². The number of nitrogens with zero attached hydrogens (tertiary/aromatic N) is 4. The summed E-state index contributed by atoms with van der Waals surface area (Å²) in [4.78, 5) is 0. The van der Waals surface area contributed by atoms with Gasteiger partial charge in [-0.2, -0.15) is 10.5 Å². The molecule has 1 aromatic carbocycles. The summed E-state index contributed by atoms with van der Waals surface area (Å²) in [6, 6.07) is 4.16. The Kier molecular flexibility index (Phi) is 4.21. The molecule has 114 valence electrons. The third kappa shape index (κ3) is 4.17. The molecule has 2 aromatic rings. The number of benzene rings is 1. The number of rotatable bonds is 4. The average molecular weight is 314 g/mol. The lowest BCUT2D eigenvalue weighted by molar-refractivity contribution is -0.274. The van der Waals surface area contributed by atoms with Gasteiger partial charge in [0.1, 0.15) is 23.2 Å². The highest BCUT2D eigenvalue weighted by Crippen LogP contribution is 2.26. The van der Waals surface area contributed by atoms with Crippen LogP contribution in [0.15, 0.2) is 24.4 Å².